The topological polar surface area (TPSA) is 54.4 Å². The zero-order chi connectivity index (χ0) is 8.48. The summed E-state index contributed by atoms with van der Waals surface area (Å²) < 4.78 is 29.9. The number of hydrogen-bond donors (Lipinski definition) is 1. The molecule has 5 heteroatoms. The van der Waals surface area contributed by atoms with Gasteiger partial charge in [0.2, 0.25) is 0 Å². The number of benzene rings is 1. The Morgan fingerprint density at radius 3 is 2.08 bits per heavy atom. The Labute approximate surface area is 87.7 Å². The van der Waals surface area contributed by atoms with Gasteiger partial charge in [0.15, 0.2) is 0 Å². The largest absolute Gasteiger partial charge is 0.316 e. The van der Waals surface area contributed by atoms with Crippen LogP contribution in [0.5, 0.6) is 0 Å². The van der Waals surface area contributed by atoms with E-state index in [4.69, 9.17) is 4.55 Å². The van der Waals surface area contributed by atoms with Crippen molar-refractivity contribution in [1.29, 1.82) is 0 Å². The van der Waals surface area contributed by atoms with Crippen LogP contribution in [0.1, 0.15) is 5.56 Å². The fraction of sp³-hybridized carbons (Fsp3) is 0.143. The maximum atomic E-state index is 10.6. The van der Waals surface area contributed by atoms with Crippen molar-refractivity contribution in [3.63, 3.8) is 0 Å². The van der Waals surface area contributed by atoms with E-state index in [0.29, 0.717) is 5.56 Å². The van der Waals surface area contributed by atoms with E-state index in [2.05, 4.69) is 0 Å². The monoisotopic (exact) mass is 198 g/mol. The first-order valence-corrected chi connectivity index (χ1v) is 4.49. The fourth-order valence-corrected chi connectivity index (χ4v) is 1.57. The Hall–Kier alpha value is -0.104. The quantitative estimate of drug-likeness (QED) is 0.523. The second kappa shape index (κ2) is 4.22. The summed E-state index contributed by atoms with van der Waals surface area (Å²) >= 11 is 0. The van der Waals surface area contributed by atoms with Crippen LogP contribution >= 0.6 is 0 Å². The molecule has 0 unspecified atom stereocenters. The third-order valence-corrected chi connectivity index (χ3v) is 2.39. The molecule has 3 nitrogen and oxygen atoms in total. The van der Waals surface area contributed by atoms with E-state index in [1.165, 1.54) is 6.07 Å². The van der Waals surface area contributed by atoms with E-state index < -0.39 is 10.1 Å². The van der Waals surface area contributed by atoms with Crippen molar-refractivity contribution in [1.82, 2.24) is 0 Å². The lowest BCUT2D eigenvalue weighted by atomic mass is 10.2. The van der Waals surface area contributed by atoms with E-state index in [0.717, 1.165) is 0 Å². The van der Waals surface area contributed by atoms with Crippen molar-refractivity contribution >= 4 is 33.2 Å². The summed E-state index contributed by atoms with van der Waals surface area (Å²) in [7, 11) is -4.03. The molecule has 1 rings (SSSR count). The molecule has 0 radical (unpaired) electrons. The van der Waals surface area contributed by atoms with Crippen molar-refractivity contribution in [2.75, 3.05) is 0 Å². The van der Waals surface area contributed by atoms with Crippen molar-refractivity contribution < 1.29 is 13.0 Å². The molecule has 0 heterocycles. The summed E-state index contributed by atoms with van der Waals surface area (Å²) in [5, 5.41) is 0. The summed E-state index contributed by atoms with van der Waals surface area (Å²) in [5.74, 6) is 0. The van der Waals surface area contributed by atoms with Crippen LogP contribution in [0.25, 0.3) is 0 Å². The molecule has 0 aromatic heterocycles. The van der Waals surface area contributed by atoms with Crippen LogP contribution in [0.15, 0.2) is 29.2 Å². The summed E-state index contributed by atoms with van der Waals surface area (Å²) in [6, 6.07) is 6.27. The molecular formula is C7H10MgO3S. The van der Waals surface area contributed by atoms with Gasteiger partial charge in [0.05, 0.1) is 4.90 Å². The van der Waals surface area contributed by atoms with Crippen LogP contribution in [-0.2, 0) is 10.1 Å². The van der Waals surface area contributed by atoms with Crippen LogP contribution in [0.4, 0.5) is 0 Å². The molecule has 1 aromatic rings. The zero-order valence-corrected chi connectivity index (χ0v) is 6.80. The van der Waals surface area contributed by atoms with Crippen molar-refractivity contribution in [2.45, 2.75) is 11.8 Å². The summed E-state index contributed by atoms with van der Waals surface area (Å²) in [4.78, 5) is -0.0278. The predicted octanol–water partition coefficient (Wildman–Crippen LogP) is 0.326. The lowest BCUT2D eigenvalue weighted by Gasteiger charge is -1.99. The highest BCUT2D eigenvalue weighted by atomic mass is 32.2. The van der Waals surface area contributed by atoms with E-state index in [1.807, 2.05) is 0 Å². The molecule has 1 aromatic carbocycles. The lowest BCUT2D eigenvalue weighted by Crippen LogP contribution is -1.99. The third kappa shape index (κ3) is 2.74. The molecule has 64 valence electrons. The normalized spacial score (nSPS) is 10.5. The molecular weight excluding hydrogens is 188 g/mol. The van der Waals surface area contributed by atoms with Crippen molar-refractivity contribution in [2.24, 2.45) is 0 Å². The van der Waals surface area contributed by atoms with Gasteiger partial charge >= 0.3 is 23.1 Å². The molecule has 1 N–H and O–H groups in total. The first-order valence-electron chi connectivity index (χ1n) is 3.05. The lowest BCUT2D eigenvalue weighted by molar-refractivity contribution is 0.482. The van der Waals surface area contributed by atoms with E-state index in [-0.39, 0.29) is 27.9 Å². The minimum absolute atomic E-state index is 0. The molecule has 0 fully saturated rings. The molecule has 0 spiro atoms. The van der Waals surface area contributed by atoms with Gasteiger partial charge in [0.25, 0.3) is 10.1 Å². The van der Waals surface area contributed by atoms with Gasteiger partial charge in [-0.05, 0) is 18.6 Å². The maximum Gasteiger partial charge on any atom is 0.316 e. The Balaban J connectivity index is 0.00000121. The van der Waals surface area contributed by atoms with Gasteiger partial charge in [-0.3, -0.25) is 4.55 Å². The molecule has 0 saturated carbocycles. The van der Waals surface area contributed by atoms with Crippen LogP contribution < -0.4 is 0 Å². The number of aryl methyl sites for hydroxylation is 1. The SMILES string of the molecule is Cc1ccccc1S(=O)(=O)O.[MgH2]. The second-order valence-corrected chi connectivity index (χ2v) is 3.63. The minimum Gasteiger partial charge on any atom is -0.282 e. The third-order valence-electron chi connectivity index (χ3n) is 1.37. The number of rotatable bonds is 1. The van der Waals surface area contributed by atoms with Crippen LogP contribution in [0.2, 0.25) is 0 Å². The van der Waals surface area contributed by atoms with E-state index in [9.17, 15) is 8.42 Å². The smallest absolute Gasteiger partial charge is 0.282 e. The molecule has 0 amide bonds. The van der Waals surface area contributed by atoms with Gasteiger partial charge in [0, 0.05) is 0 Å². The molecule has 0 aliphatic rings. The van der Waals surface area contributed by atoms with E-state index in [1.54, 1.807) is 25.1 Å². The highest BCUT2D eigenvalue weighted by molar-refractivity contribution is 7.85. The molecule has 12 heavy (non-hydrogen) atoms. The molecule has 0 aliphatic heterocycles. The average Bonchev–Trinajstić information content (AvgIpc) is 1.86. The highest BCUT2D eigenvalue weighted by Crippen LogP contribution is 2.12. The van der Waals surface area contributed by atoms with Gasteiger partial charge < -0.3 is 0 Å². The van der Waals surface area contributed by atoms with E-state index >= 15 is 0 Å². The fourth-order valence-electron chi connectivity index (χ4n) is 0.846. The van der Waals surface area contributed by atoms with Gasteiger partial charge in [-0.15, -0.1) is 0 Å². The highest BCUT2D eigenvalue weighted by Gasteiger charge is 2.10. The molecule has 0 aliphatic carbocycles. The average molecular weight is 199 g/mol. The first-order chi connectivity index (χ1) is 5.02. The Bertz CT molecular complexity index is 359. The molecule has 0 saturated heterocycles. The van der Waals surface area contributed by atoms with Crippen LogP contribution in [-0.4, -0.2) is 36.0 Å². The second-order valence-electron chi connectivity index (χ2n) is 2.24. The van der Waals surface area contributed by atoms with Crippen molar-refractivity contribution in [3.8, 4) is 0 Å². The van der Waals surface area contributed by atoms with Gasteiger partial charge in [-0.2, -0.15) is 8.42 Å². The van der Waals surface area contributed by atoms with Crippen LogP contribution in [0, 0.1) is 6.92 Å². The Kier molecular flexibility index (Phi) is 4.19. The summed E-state index contributed by atoms with van der Waals surface area (Å²) in [6.07, 6.45) is 0. The summed E-state index contributed by atoms with van der Waals surface area (Å²) in [5.41, 5.74) is 0.551. The Morgan fingerprint density at radius 2 is 1.75 bits per heavy atom. The Morgan fingerprint density at radius 1 is 1.25 bits per heavy atom. The van der Waals surface area contributed by atoms with Crippen molar-refractivity contribution in [3.05, 3.63) is 29.8 Å². The molecule has 0 bridgehead atoms. The standard InChI is InChI=1S/C7H8O3S.Mg.2H/c1-6-4-2-3-5-7(6)11(8,9)10;;;/h2-5H,1H3,(H,8,9,10);;;. The molecule has 0 atom stereocenters. The maximum absolute atomic E-state index is 10.6. The first kappa shape index (κ1) is 11.9. The van der Waals surface area contributed by atoms with Gasteiger partial charge in [0.1, 0.15) is 0 Å². The van der Waals surface area contributed by atoms with Crippen LogP contribution in [0.3, 0.4) is 0 Å². The summed E-state index contributed by atoms with van der Waals surface area (Å²) in [6.45, 7) is 1.63. The predicted molar refractivity (Wildman–Crippen MR) is 49.5 cm³/mol. The van der Waals surface area contributed by atoms with Gasteiger partial charge in [-0.25, -0.2) is 0 Å². The zero-order valence-electron chi connectivity index (χ0n) is 5.98. The van der Waals surface area contributed by atoms with Gasteiger partial charge in [-0.1, -0.05) is 18.2 Å². The minimum atomic E-state index is -4.03. The number of hydrogen-bond acceptors (Lipinski definition) is 2.